The topological polar surface area (TPSA) is 98.8 Å². The summed E-state index contributed by atoms with van der Waals surface area (Å²) in [6, 6.07) is 6.40. The van der Waals surface area contributed by atoms with Gasteiger partial charge in [0.2, 0.25) is 10.0 Å². The lowest BCUT2D eigenvalue weighted by atomic mass is 10.0. The minimum atomic E-state index is -3.34. The number of rotatable bonds is 6. The second-order valence-corrected chi connectivity index (χ2v) is 8.39. The number of carbonyl (C=O) groups is 2. The van der Waals surface area contributed by atoms with Crippen LogP contribution in [0.4, 0.5) is 10.5 Å². The standard InChI is InChI=1S/C18H28N4O4S/c1-4-21(5-2)18(24)19-15-10-12-22(13-11-15)17(23)14-6-8-16(9-7-14)20-27(3,25)26/h6-9,15,20H,4-5,10-13H2,1-3H3,(H,19,24). The molecule has 0 bridgehead atoms. The Kier molecular flexibility index (Phi) is 7.06. The highest BCUT2D eigenvalue weighted by Gasteiger charge is 2.25. The van der Waals surface area contributed by atoms with Gasteiger partial charge in [0.25, 0.3) is 5.91 Å². The predicted octanol–water partition coefficient (Wildman–Crippen LogP) is 1.71. The van der Waals surface area contributed by atoms with Gasteiger partial charge in [-0.2, -0.15) is 0 Å². The van der Waals surface area contributed by atoms with Gasteiger partial charge in [-0.25, -0.2) is 13.2 Å². The van der Waals surface area contributed by atoms with Crippen LogP contribution in [0.25, 0.3) is 0 Å². The Morgan fingerprint density at radius 3 is 2.15 bits per heavy atom. The molecular formula is C18H28N4O4S. The Morgan fingerprint density at radius 1 is 1.11 bits per heavy atom. The van der Waals surface area contributed by atoms with E-state index in [1.54, 1.807) is 34.1 Å². The first-order valence-electron chi connectivity index (χ1n) is 9.16. The average molecular weight is 397 g/mol. The number of nitrogens with zero attached hydrogens (tertiary/aromatic N) is 2. The van der Waals surface area contributed by atoms with Crippen LogP contribution in [0.5, 0.6) is 0 Å². The van der Waals surface area contributed by atoms with Gasteiger partial charge in [0.05, 0.1) is 6.26 Å². The zero-order chi connectivity index (χ0) is 20.0. The lowest BCUT2D eigenvalue weighted by molar-refractivity contribution is 0.0706. The van der Waals surface area contributed by atoms with Crippen molar-refractivity contribution in [2.45, 2.75) is 32.7 Å². The van der Waals surface area contributed by atoms with Crippen LogP contribution >= 0.6 is 0 Å². The number of likely N-dealkylation sites (tertiary alicyclic amines) is 1. The van der Waals surface area contributed by atoms with Gasteiger partial charge in [-0.15, -0.1) is 0 Å². The molecule has 8 nitrogen and oxygen atoms in total. The molecule has 0 radical (unpaired) electrons. The van der Waals surface area contributed by atoms with Gasteiger partial charge in [0.15, 0.2) is 0 Å². The maximum atomic E-state index is 12.6. The molecule has 0 atom stereocenters. The Morgan fingerprint density at radius 2 is 1.67 bits per heavy atom. The second-order valence-electron chi connectivity index (χ2n) is 6.64. The van der Waals surface area contributed by atoms with Crippen molar-refractivity contribution >= 4 is 27.6 Å². The van der Waals surface area contributed by atoms with E-state index in [1.165, 1.54) is 0 Å². The lowest BCUT2D eigenvalue weighted by Crippen LogP contribution is -2.50. The van der Waals surface area contributed by atoms with Crippen LogP contribution in [0, 0.1) is 0 Å². The molecular weight excluding hydrogens is 368 g/mol. The number of benzene rings is 1. The quantitative estimate of drug-likeness (QED) is 0.765. The van der Waals surface area contributed by atoms with Gasteiger partial charge in [-0.05, 0) is 51.0 Å². The molecule has 0 unspecified atom stereocenters. The molecule has 9 heteroatoms. The minimum Gasteiger partial charge on any atom is -0.338 e. The van der Waals surface area contributed by atoms with Gasteiger partial charge >= 0.3 is 6.03 Å². The molecule has 1 aromatic carbocycles. The van der Waals surface area contributed by atoms with Gasteiger partial charge in [0, 0.05) is 43.5 Å². The van der Waals surface area contributed by atoms with Crippen LogP contribution in [0.3, 0.4) is 0 Å². The zero-order valence-electron chi connectivity index (χ0n) is 16.1. The molecule has 0 spiro atoms. The molecule has 1 aromatic rings. The number of amides is 3. The molecule has 1 aliphatic heterocycles. The first kappa shape index (κ1) is 21.0. The highest BCUT2D eigenvalue weighted by atomic mass is 32.2. The molecule has 0 aliphatic carbocycles. The number of hydrogen-bond donors (Lipinski definition) is 2. The fourth-order valence-electron chi connectivity index (χ4n) is 3.08. The molecule has 2 rings (SSSR count). The van der Waals surface area contributed by atoms with Crippen molar-refractivity contribution in [1.29, 1.82) is 0 Å². The maximum absolute atomic E-state index is 12.6. The minimum absolute atomic E-state index is 0.0567. The first-order chi connectivity index (χ1) is 12.7. The van der Waals surface area contributed by atoms with E-state index in [0.29, 0.717) is 50.3 Å². The van der Waals surface area contributed by atoms with Crippen LogP contribution in [-0.4, -0.2) is 68.6 Å². The van der Waals surface area contributed by atoms with Gasteiger partial charge in [-0.3, -0.25) is 9.52 Å². The van der Waals surface area contributed by atoms with Crippen LogP contribution < -0.4 is 10.0 Å². The fourth-order valence-corrected chi connectivity index (χ4v) is 3.65. The van der Waals surface area contributed by atoms with E-state index < -0.39 is 10.0 Å². The zero-order valence-corrected chi connectivity index (χ0v) is 16.9. The predicted molar refractivity (Wildman–Crippen MR) is 105 cm³/mol. The van der Waals surface area contributed by atoms with E-state index in [-0.39, 0.29) is 18.0 Å². The summed E-state index contributed by atoms with van der Waals surface area (Å²) in [6.45, 7) is 6.38. The molecule has 0 aromatic heterocycles. The largest absolute Gasteiger partial charge is 0.338 e. The average Bonchev–Trinajstić information content (AvgIpc) is 2.62. The summed E-state index contributed by atoms with van der Waals surface area (Å²) in [5, 5.41) is 3.03. The van der Waals surface area contributed by atoms with Crippen molar-refractivity contribution < 1.29 is 18.0 Å². The van der Waals surface area contributed by atoms with E-state index >= 15 is 0 Å². The summed E-state index contributed by atoms with van der Waals surface area (Å²) in [5.74, 6) is -0.0885. The smallest absolute Gasteiger partial charge is 0.317 e. The number of nitrogens with one attached hydrogen (secondary N) is 2. The van der Waals surface area contributed by atoms with Gasteiger partial charge in [-0.1, -0.05) is 0 Å². The van der Waals surface area contributed by atoms with Crippen molar-refractivity contribution in [2.75, 3.05) is 37.2 Å². The number of urea groups is 1. The van der Waals surface area contributed by atoms with Crippen molar-refractivity contribution in [3.8, 4) is 0 Å². The summed E-state index contributed by atoms with van der Waals surface area (Å²) < 4.78 is 24.8. The van der Waals surface area contributed by atoms with E-state index in [9.17, 15) is 18.0 Å². The van der Waals surface area contributed by atoms with Crippen molar-refractivity contribution in [2.24, 2.45) is 0 Å². The van der Waals surface area contributed by atoms with Gasteiger partial charge in [0.1, 0.15) is 0 Å². The molecule has 27 heavy (non-hydrogen) atoms. The van der Waals surface area contributed by atoms with Crippen molar-refractivity contribution in [3.05, 3.63) is 29.8 Å². The molecule has 0 saturated carbocycles. The molecule has 3 amide bonds. The van der Waals surface area contributed by atoms with Crippen LogP contribution in [0.15, 0.2) is 24.3 Å². The number of sulfonamides is 1. The third kappa shape index (κ3) is 6.13. The third-order valence-corrected chi connectivity index (χ3v) is 5.20. The SMILES string of the molecule is CCN(CC)C(=O)NC1CCN(C(=O)c2ccc(NS(C)(=O)=O)cc2)CC1. The van der Waals surface area contributed by atoms with E-state index in [4.69, 9.17) is 0 Å². The summed E-state index contributed by atoms with van der Waals surface area (Å²) in [5.41, 5.74) is 0.937. The number of piperidine rings is 1. The molecule has 1 saturated heterocycles. The summed E-state index contributed by atoms with van der Waals surface area (Å²) in [6.07, 6.45) is 2.51. The Hall–Kier alpha value is -2.29. The molecule has 150 valence electrons. The molecule has 1 heterocycles. The lowest BCUT2D eigenvalue weighted by Gasteiger charge is -2.33. The fraction of sp³-hybridized carbons (Fsp3) is 0.556. The molecule has 2 N–H and O–H groups in total. The summed E-state index contributed by atoms with van der Waals surface area (Å²) in [4.78, 5) is 28.2. The van der Waals surface area contributed by atoms with Crippen LogP contribution in [0.2, 0.25) is 0 Å². The van der Waals surface area contributed by atoms with Crippen LogP contribution in [0.1, 0.15) is 37.0 Å². The summed E-state index contributed by atoms with van der Waals surface area (Å²) >= 11 is 0. The number of anilines is 1. The Labute approximate surface area is 161 Å². The van der Waals surface area contributed by atoms with Crippen molar-refractivity contribution in [3.63, 3.8) is 0 Å². The van der Waals surface area contributed by atoms with E-state index in [1.807, 2.05) is 13.8 Å². The van der Waals surface area contributed by atoms with Crippen molar-refractivity contribution in [1.82, 2.24) is 15.1 Å². The monoisotopic (exact) mass is 396 g/mol. The third-order valence-electron chi connectivity index (χ3n) is 4.60. The summed E-state index contributed by atoms with van der Waals surface area (Å²) in [7, 11) is -3.34. The Bertz CT molecular complexity index is 752. The Balaban J connectivity index is 1.88. The first-order valence-corrected chi connectivity index (χ1v) is 11.0. The molecule has 1 fully saturated rings. The molecule has 1 aliphatic rings. The number of hydrogen-bond acceptors (Lipinski definition) is 4. The van der Waals surface area contributed by atoms with E-state index in [2.05, 4.69) is 10.0 Å². The normalized spacial score (nSPS) is 15.3. The van der Waals surface area contributed by atoms with Crippen LogP contribution in [-0.2, 0) is 10.0 Å². The number of carbonyl (C=O) groups excluding carboxylic acids is 2. The maximum Gasteiger partial charge on any atom is 0.317 e. The highest BCUT2D eigenvalue weighted by Crippen LogP contribution is 2.17. The van der Waals surface area contributed by atoms with E-state index in [0.717, 1.165) is 6.26 Å². The highest BCUT2D eigenvalue weighted by molar-refractivity contribution is 7.92. The van der Waals surface area contributed by atoms with Gasteiger partial charge < -0.3 is 15.1 Å². The second kappa shape index (κ2) is 9.07.